The summed E-state index contributed by atoms with van der Waals surface area (Å²) >= 11 is 0. The number of ketones is 1. The molecule has 6 N–H and O–H groups in total. The first-order valence-corrected chi connectivity index (χ1v) is 20.9. The van der Waals surface area contributed by atoms with Gasteiger partial charge in [-0.25, -0.2) is 4.79 Å². The van der Waals surface area contributed by atoms with Crippen LogP contribution in [0.25, 0.3) is 0 Å². The summed E-state index contributed by atoms with van der Waals surface area (Å²) in [6.45, 7) is 5.17. The number of carbonyl (C=O) groups is 3. The van der Waals surface area contributed by atoms with Crippen molar-refractivity contribution in [3.8, 4) is 35.2 Å². The number of benzene rings is 1. The third kappa shape index (κ3) is 10.3. The van der Waals surface area contributed by atoms with Crippen molar-refractivity contribution in [3.05, 3.63) is 53.3 Å². The van der Waals surface area contributed by atoms with Gasteiger partial charge in [-0.2, -0.15) is 4.99 Å². The number of Topliss-reactive ketones (excluding diaryl/α,β-unsaturated/α-hetero) is 1. The number of carbonyl (C=O) groups excluding carboxylic acids is 3. The lowest BCUT2D eigenvalue weighted by Gasteiger charge is -2.44. The van der Waals surface area contributed by atoms with E-state index in [4.69, 9.17) is 38.9 Å². The first-order chi connectivity index (χ1) is 26.7. The van der Waals surface area contributed by atoms with Crippen LogP contribution in [0, 0.1) is 23.7 Å². The third-order valence-electron chi connectivity index (χ3n) is 8.75. The number of nitrogens with zero attached hydrogens (tertiary/aromatic N) is 1. The van der Waals surface area contributed by atoms with E-state index in [-0.39, 0.29) is 52.5 Å². The summed E-state index contributed by atoms with van der Waals surface area (Å²) in [5, 5.41) is 37.8. The number of fused-ring (bicyclic) bond motifs is 1. The molecule has 0 spiro atoms. The lowest BCUT2D eigenvalue weighted by molar-refractivity contribution is -0.266. The van der Waals surface area contributed by atoms with E-state index in [0.29, 0.717) is 5.75 Å². The van der Waals surface area contributed by atoms with Crippen molar-refractivity contribution in [2.24, 2.45) is 10.7 Å². The highest BCUT2D eigenvalue weighted by Crippen LogP contribution is 2.42. The van der Waals surface area contributed by atoms with Crippen molar-refractivity contribution < 1.29 is 62.9 Å². The van der Waals surface area contributed by atoms with Crippen molar-refractivity contribution in [2.75, 3.05) is 45.8 Å². The lowest BCUT2D eigenvalue weighted by atomic mass is 9.72. The summed E-state index contributed by atoms with van der Waals surface area (Å²) < 4.78 is 38.9. The molecule has 2 bridgehead atoms. The Hall–Kier alpha value is -3.99. The number of nitrogens with two attached hydrogens (primary N) is 1. The molecule has 16 nitrogen and oxygen atoms in total. The maximum Gasteiger partial charge on any atom is 0.433 e. The highest BCUT2D eigenvalue weighted by atomic mass is 33.5. The normalized spacial score (nSPS) is 27.5. The number of methoxy groups -OCH3 is 4. The second-order valence-electron chi connectivity index (χ2n) is 12.1. The van der Waals surface area contributed by atoms with Gasteiger partial charge in [-0.15, -0.1) is 0 Å². The van der Waals surface area contributed by atoms with Crippen LogP contribution in [0.5, 0.6) is 11.5 Å². The first kappa shape index (κ1) is 44.7. The minimum Gasteiger partial charge on any atom is -0.493 e. The summed E-state index contributed by atoms with van der Waals surface area (Å²) in [5.41, 5.74) is 3.60. The third-order valence-corrected chi connectivity index (χ3v) is 12.6. The predicted molar refractivity (Wildman–Crippen MR) is 212 cm³/mol. The summed E-state index contributed by atoms with van der Waals surface area (Å²) in [4.78, 5) is 43.5. The fourth-order valence-corrected chi connectivity index (χ4v) is 8.61. The van der Waals surface area contributed by atoms with E-state index in [0.717, 1.165) is 7.11 Å². The fourth-order valence-electron chi connectivity index (χ4n) is 5.94. The van der Waals surface area contributed by atoms with E-state index < -0.39 is 72.1 Å². The molecule has 8 unspecified atom stereocenters. The van der Waals surface area contributed by atoms with Crippen LogP contribution in [0.15, 0.2) is 52.8 Å². The Labute approximate surface area is 335 Å². The molecule has 1 heterocycles. The molecule has 1 saturated heterocycles. The van der Waals surface area contributed by atoms with E-state index in [1.807, 2.05) is 6.26 Å². The Morgan fingerprint density at radius 1 is 1.16 bits per heavy atom. The quantitative estimate of drug-likeness (QED) is 0.0428. The molecule has 4 rings (SSSR count). The van der Waals surface area contributed by atoms with Crippen LogP contribution in [-0.4, -0.2) is 122 Å². The molecular weight excluding hydrogens is 791 g/mol. The molecule has 8 atom stereocenters. The van der Waals surface area contributed by atoms with Crippen LogP contribution in [0.3, 0.4) is 0 Å². The number of hydrogen-bond acceptors (Lipinski definition) is 17. The Bertz CT molecular complexity index is 1900. The molecule has 1 fully saturated rings. The average Bonchev–Trinajstić information content (AvgIpc) is 3.18. The van der Waals surface area contributed by atoms with Gasteiger partial charge in [0.15, 0.2) is 41.5 Å². The van der Waals surface area contributed by atoms with Crippen LogP contribution in [-0.2, 0) is 33.3 Å². The number of aliphatic imine (C=N–C) groups is 1. The molecule has 302 valence electrons. The number of aliphatic hydroxyl groups is 3. The van der Waals surface area contributed by atoms with Gasteiger partial charge in [0.2, 0.25) is 5.78 Å². The summed E-state index contributed by atoms with van der Waals surface area (Å²) in [6.07, 6.45) is -5.10. The molecular formula is C37H43N3O13S3. The maximum absolute atomic E-state index is 14.4. The molecule has 3 aliphatic rings. The predicted octanol–water partition coefficient (Wildman–Crippen LogP) is 2.83. The van der Waals surface area contributed by atoms with Gasteiger partial charge >= 0.3 is 6.09 Å². The Kier molecular flexibility index (Phi) is 16.3. The molecule has 1 aromatic carbocycles. The van der Waals surface area contributed by atoms with Crippen LogP contribution in [0.1, 0.15) is 31.6 Å². The van der Waals surface area contributed by atoms with E-state index in [9.17, 15) is 29.7 Å². The fraction of sp³-hybridized carbons (Fsp3) is 0.459. The molecule has 0 aromatic heterocycles. The molecule has 56 heavy (non-hydrogen) atoms. The van der Waals surface area contributed by atoms with Gasteiger partial charge in [-0.3, -0.25) is 9.59 Å². The zero-order chi connectivity index (χ0) is 41.2. The van der Waals surface area contributed by atoms with E-state index >= 15 is 0 Å². The largest absolute Gasteiger partial charge is 0.493 e. The molecule has 2 amide bonds. The molecule has 2 aliphatic carbocycles. The number of aliphatic hydroxyl groups excluding tert-OH is 2. The highest BCUT2D eigenvalue weighted by molar-refractivity contribution is 9.09. The smallest absolute Gasteiger partial charge is 0.433 e. The van der Waals surface area contributed by atoms with Crippen molar-refractivity contribution in [3.63, 3.8) is 0 Å². The minimum absolute atomic E-state index is 0.0513. The number of hydrogen-bond donors (Lipinski definition) is 5. The molecule has 1 aromatic rings. The minimum atomic E-state index is -2.38. The molecule has 19 heteroatoms. The number of rotatable bonds is 15. The van der Waals surface area contributed by atoms with Crippen LogP contribution in [0.2, 0.25) is 0 Å². The number of ether oxygens (including phenoxy) is 7. The summed E-state index contributed by atoms with van der Waals surface area (Å²) in [6, 6.07) is 1.96. The highest BCUT2D eigenvalue weighted by Gasteiger charge is 2.55. The van der Waals surface area contributed by atoms with Gasteiger partial charge in [0.1, 0.15) is 11.8 Å². The zero-order valence-corrected chi connectivity index (χ0v) is 33.8. The van der Waals surface area contributed by atoms with Crippen molar-refractivity contribution in [2.45, 2.75) is 68.4 Å². The Morgan fingerprint density at radius 3 is 2.52 bits per heavy atom. The van der Waals surface area contributed by atoms with Crippen molar-refractivity contribution in [1.29, 1.82) is 0 Å². The van der Waals surface area contributed by atoms with E-state index in [2.05, 4.69) is 40.6 Å². The zero-order valence-electron chi connectivity index (χ0n) is 31.4. The maximum atomic E-state index is 14.4. The van der Waals surface area contributed by atoms with E-state index in [1.54, 1.807) is 6.92 Å². The summed E-state index contributed by atoms with van der Waals surface area (Å²) in [5.74, 6) is 9.56. The second-order valence-corrected chi connectivity index (χ2v) is 16.5. The van der Waals surface area contributed by atoms with Crippen LogP contribution < -0.4 is 20.5 Å². The van der Waals surface area contributed by atoms with Gasteiger partial charge in [0.05, 0.1) is 52.4 Å². The number of amides is 2. The Balaban J connectivity index is 1.74. The standard InChI is InChI=1S/C37H43N3O13S3/c1-19-30(38)27(52-35(44)21-16-25(48-4)26(49-5)17-23(21)39-34(43)20(2)47-3)18-28(51-19)53-33-32(42)31(40-36(45)50-6)29-22(13-15-55-56-54-7)37(33,46)14-11-9-8-10-12-24(29)41/h8-9,16-17,19,24,27-28,30,33,35,41,44,46H,2,13,15,18,38H2,1,3-7H3,(H,39,43)/b9-8+,40-31?. The Morgan fingerprint density at radius 2 is 1.86 bits per heavy atom. The van der Waals surface area contributed by atoms with Gasteiger partial charge < -0.3 is 59.5 Å². The monoisotopic (exact) mass is 833 g/mol. The van der Waals surface area contributed by atoms with Gasteiger partial charge in [-0.05, 0) is 53.2 Å². The van der Waals surface area contributed by atoms with Crippen LogP contribution in [0.4, 0.5) is 10.5 Å². The number of nitrogens with one attached hydrogen (secondary N) is 1. The molecule has 0 saturated carbocycles. The SMILES string of the molecule is C=C(OC)C(=O)Nc1cc(OC)c(OC)cc1C(O)OC1CC(OC2C(=O)C(=NC(=O)OC)C3=C(CCSSSC)C2(O)C#C/C=C/C#CC3O)OC(C)C1N. The lowest BCUT2D eigenvalue weighted by Crippen LogP contribution is -2.60. The first-order valence-electron chi connectivity index (χ1n) is 16.8. The van der Waals surface area contributed by atoms with Gasteiger partial charge in [0.25, 0.3) is 5.91 Å². The second kappa shape index (κ2) is 20.4. The molecule has 1 aliphatic heterocycles. The number of allylic oxidation sites excluding steroid dienone is 2. The average molecular weight is 834 g/mol. The van der Waals surface area contributed by atoms with Crippen molar-refractivity contribution in [1.82, 2.24) is 0 Å². The van der Waals surface area contributed by atoms with Crippen molar-refractivity contribution >= 4 is 60.6 Å². The number of anilines is 1. The van der Waals surface area contributed by atoms with Gasteiger partial charge in [0, 0.05) is 29.4 Å². The van der Waals surface area contributed by atoms with Crippen LogP contribution >= 0.6 is 31.4 Å². The van der Waals surface area contributed by atoms with Gasteiger partial charge in [-0.1, -0.05) is 51.8 Å². The summed E-state index contributed by atoms with van der Waals surface area (Å²) in [7, 11) is 9.56. The van der Waals surface area contributed by atoms with E-state index in [1.165, 1.54) is 77.0 Å². The molecule has 0 radical (unpaired) electrons. The topological polar surface area (TPSA) is 227 Å².